The predicted molar refractivity (Wildman–Crippen MR) is 170 cm³/mol. The van der Waals surface area contributed by atoms with Crippen LogP contribution in [0.15, 0.2) is 97.1 Å². The highest BCUT2D eigenvalue weighted by Crippen LogP contribution is 2.32. The van der Waals surface area contributed by atoms with E-state index in [0.29, 0.717) is 24.7 Å². The Balaban J connectivity index is 1.26. The van der Waals surface area contributed by atoms with Gasteiger partial charge in [0.15, 0.2) is 0 Å². The Morgan fingerprint density at radius 2 is 1.09 bits per heavy atom. The van der Waals surface area contributed by atoms with E-state index in [0.717, 1.165) is 44.5 Å². The topological polar surface area (TPSA) is 138 Å². The van der Waals surface area contributed by atoms with Gasteiger partial charge >= 0.3 is 5.97 Å². The summed E-state index contributed by atoms with van der Waals surface area (Å²) >= 11 is 0. The van der Waals surface area contributed by atoms with Crippen LogP contribution in [0.1, 0.15) is 25.0 Å². The summed E-state index contributed by atoms with van der Waals surface area (Å²) < 4.78 is 5.26. The molecule has 0 bridgehead atoms. The van der Waals surface area contributed by atoms with Crippen molar-refractivity contribution in [1.29, 1.82) is 0 Å². The van der Waals surface area contributed by atoms with Crippen molar-refractivity contribution in [3.05, 3.63) is 108 Å². The highest BCUT2D eigenvalue weighted by molar-refractivity contribution is 5.81. The van der Waals surface area contributed by atoms with Crippen LogP contribution in [-0.2, 0) is 22.6 Å². The van der Waals surface area contributed by atoms with Gasteiger partial charge in [0, 0.05) is 24.2 Å². The smallest absolute Gasteiger partial charge is 0.323 e. The molecule has 0 amide bonds. The zero-order valence-electron chi connectivity index (χ0n) is 25.3. The quantitative estimate of drug-likeness (QED) is 0.183. The highest BCUT2D eigenvalue weighted by Gasteiger charge is 2.30. The van der Waals surface area contributed by atoms with Crippen molar-refractivity contribution in [2.24, 2.45) is 5.92 Å². The molecule has 1 unspecified atom stereocenters. The number of hydrogen-bond acceptors (Lipinski definition) is 9. The molecule has 0 saturated carbocycles. The summed E-state index contributed by atoms with van der Waals surface area (Å²) in [6, 6.07) is 32.3. The minimum Gasteiger partial charge on any atom is -0.468 e. The summed E-state index contributed by atoms with van der Waals surface area (Å²) in [7, 11) is 1.45. The lowest BCUT2D eigenvalue weighted by Crippen LogP contribution is -2.44. The molecule has 11 heteroatoms. The van der Waals surface area contributed by atoms with Crippen LogP contribution in [0.5, 0.6) is 0 Å². The first-order valence-electron chi connectivity index (χ1n) is 14.7. The van der Waals surface area contributed by atoms with Crippen LogP contribution < -0.4 is 0 Å². The molecule has 6 rings (SSSR count). The Morgan fingerprint density at radius 3 is 1.44 bits per heavy atom. The van der Waals surface area contributed by atoms with Crippen LogP contribution in [0.25, 0.3) is 45.0 Å². The lowest BCUT2D eigenvalue weighted by atomic mass is 9.96. The molecular formula is C34H33N9O2. The predicted octanol–water partition coefficient (Wildman–Crippen LogP) is 5.58. The molecule has 2 aromatic heterocycles. The molecule has 2 heterocycles. The molecular weight excluding hydrogens is 566 g/mol. The number of benzene rings is 4. The van der Waals surface area contributed by atoms with Crippen molar-refractivity contribution in [1.82, 2.24) is 46.1 Å². The van der Waals surface area contributed by atoms with Gasteiger partial charge in [-0.3, -0.25) is 9.69 Å². The summed E-state index contributed by atoms with van der Waals surface area (Å²) in [4.78, 5) is 15.2. The third kappa shape index (κ3) is 6.53. The Labute approximate surface area is 260 Å². The molecule has 0 aliphatic heterocycles. The van der Waals surface area contributed by atoms with Gasteiger partial charge < -0.3 is 4.74 Å². The number of nitrogens with zero attached hydrogens (tertiary/aromatic N) is 7. The number of aromatic nitrogens is 8. The van der Waals surface area contributed by atoms with Gasteiger partial charge in [-0.15, -0.1) is 20.4 Å². The number of ether oxygens (including phenoxy) is 1. The van der Waals surface area contributed by atoms with Crippen molar-refractivity contribution in [2.45, 2.75) is 33.0 Å². The average Bonchev–Trinajstić information content (AvgIpc) is 3.81. The molecule has 0 saturated heterocycles. The Morgan fingerprint density at radius 1 is 0.667 bits per heavy atom. The highest BCUT2D eigenvalue weighted by atomic mass is 16.5. The molecule has 0 aliphatic rings. The van der Waals surface area contributed by atoms with Crippen LogP contribution in [0.4, 0.5) is 0 Å². The normalized spacial score (nSPS) is 12.0. The van der Waals surface area contributed by atoms with E-state index in [4.69, 9.17) is 4.74 Å². The summed E-state index contributed by atoms with van der Waals surface area (Å²) in [6.07, 6.45) is 0. The van der Waals surface area contributed by atoms with Crippen LogP contribution in [-0.4, -0.2) is 65.3 Å². The largest absolute Gasteiger partial charge is 0.468 e. The molecule has 2 N–H and O–H groups in total. The molecule has 4 aromatic carbocycles. The molecule has 226 valence electrons. The van der Waals surface area contributed by atoms with Crippen LogP contribution in [0.2, 0.25) is 0 Å². The number of tetrazole rings is 2. The number of methoxy groups -OCH3 is 1. The standard InChI is InChI=1S/C34H33N9O2/c1-22(2)31(34(44)45-3)43(20-23-12-16-25(17-13-23)27-8-4-6-10-29(27)32-35-39-40-36-32)21-24-14-18-26(19-15-24)28-9-5-7-11-30(28)33-37-41-42-38-33/h4-19,22,31H,20-21H2,1-3H3,(H,35,36,39,40)(H,37,38,41,42). The van der Waals surface area contributed by atoms with E-state index in [9.17, 15) is 4.79 Å². The van der Waals surface area contributed by atoms with E-state index in [2.05, 4.69) is 94.7 Å². The lowest BCUT2D eigenvalue weighted by molar-refractivity contribution is -0.149. The fourth-order valence-corrected chi connectivity index (χ4v) is 5.68. The number of carbonyl (C=O) groups is 1. The molecule has 0 radical (unpaired) electrons. The van der Waals surface area contributed by atoms with Gasteiger partial charge in [0.2, 0.25) is 11.6 Å². The maximum atomic E-state index is 13.1. The molecule has 1 atom stereocenters. The molecule has 6 aromatic rings. The van der Waals surface area contributed by atoms with Crippen molar-refractivity contribution in [3.8, 4) is 45.0 Å². The second-order valence-electron chi connectivity index (χ2n) is 11.1. The SMILES string of the molecule is COC(=O)C(C(C)C)N(Cc1ccc(-c2ccccc2-c2nn[nH]n2)cc1)Cc1ccc(-c2ccccc2-c2nn[nH]n2)cc1. The van der Waals surface area contributed by atoms with Crippen molar-refractivity contribution in [3.63, 3.8) is 0 Å². The summed E-state index contributed by atoms with van der Waals surface area (Å²) in [5.41, 5.74) is 8.05. The Hall–Kier alpha value is -5.55. The average molecular weight is 600 g/mol. The number of hydrogen-bond donors (Lipinski definition) is 2. The van der Waals surface area contributed by atoms with E-state index in [1.54, 1.807) is 0 Å². The molecule has 0 spiro atoms. The molecule has 0 fully saturated rings. The summed E-state index contributed by atoms with van der Waals surface area (Å²) in [5.74, 6) is 0.882. The number of aromatic amines is 2. The van der Waals surface area contributed by atoms with Gasteiger partial charge in [-0.05, 0) is 49.7 Å². The fourth-order valence-electron chi connectivity index (χ4n) is 5.68. The maximum Gasteiger partial charge on any atom is 0.323 e. The Bertz CT molecular complexity index is 1710. The minimum absolute atomic E-state index is 0.0414. The van der Waals surface area contributed by atoms with Crippen molar-refractivity contribution >= 4 is 5.97 Å². The molecule has 11 nitrogen and oxygen atoms in total. The minimum atomic E-state index is -0.424. The molecule has 0 aliphatic carbocycles. The van der Waals surface area contributed by atoms with Gasteiger partial charge in [0.1, 0.15) is 6.04 Å². The lowest BCUT2D eigenvalue weighted by Gasteiger charge is -2.32. The van der Waals surface area contributed by atoms with Gasteiger partial charge in [-0.25, -0.2) is 0 Å². The van der Waals surface area contributed by atoms with Crippen LogP contribution in [0, 0.1) is 5.92 Å². The van der Waals surface area contributed by atoms with Gasteiger partial charge in [0.05, 0.1) is 7.11 Å². The van der Waals surface area contributed by atoms with E-state index in [-0.39, 0.29) is 11.9 Å². The zero-order valence-corrected chi connectivity index (χ0v) is 25.3. The number of H-pyrrole nitrogens is 2. The van der Waals surface area contributed by atoms with Crippen molar-refractivity contribution < 1.29 is 9.53 Å². The molecule has 45 heavy (non-hydrogen) atoms. The first kappa shape index (κ1) is 29.5. The Kier molecular flexibility index (Phi) is 8.79. The van der Waals surface area contributed by atoms with Crippen LogP contribution in [0.3, 0.4) is 0 Å². The monoisotopic (exact) mass is 599 g/mol. The number of carbonyl (C=O) groups excluding carboxylic acids is 1. The van der Waals surface area contributed by atoms with E-state index in [1.165, 1.54) is 7.11 Å². The van der Waals surface area contributed by atoms with Gasteiger partial charge in [0.25, 0.3) is 0 Å². The van der Waals surface area contributed by atoms with Gasteiger partial charge in [-0.1, -0.05) is 111 Å². The number of nitrogens with one attached hydrogen (secondary N) is 2. The van der Waals surface area contributed by atoms with Crippen molar-refractivity contribution in [2.75, 3.05) is 7.11 Å². The second-order valence-corrected chi connectivity index (χ2v) is 11.1. The second kappa shape index (κ2) is 13.4. The van der Waals surface area contributed by atoms with E-state index >= 15 is 0 Å². The third-order valence-electron chi connectivity index (χ3n) is 7.80. The first-order valence-corrected chi connectivity index (χ1v) is 14.7. The summed E-state index contributed by atoms with van der Waals surface area (Å²) in [6.45, 7) is 5.22. The fraction of sp³-hybridized carbons (Fsp3) is 0.206. The maximum absolute atomic E-state index is 13.1. The summed E-state index contributed by atoms with van der Waals surface area (Å²) in [5, 5.41) is 29.1. The number of esters is 1. The number of rotatable bonds is 11. The van der Waals surface area contributed by atoms with Crippen LogP contribution >= 0.6 is 0 Å². The van der Waals surface area contributed by atoms with E-state index < -0.39 is 6.04 Å². The first-order chi connectivity index (χ1) is 22.0. The third-order valence-corrected chi connectivity index (χ3v) is 7.80. The van der Waals surface area contributed by atoms with Gasteiger partial charge in [-0.2, -0.15) is 10.4 Å². The zero-order chi connectivity index (χ0) is 31.2. The van der Waals surface area contributed by atoms with E-state index in [1.807, 2.05) is 62.4 Å².